The van der Waals surface area contributed by atoms with Crippen LogP contribution in [0.3, 0.4) is 0 Å². The lowest BCUT2D eigenvalue weighted by Gasteiger charge is -2.24. The van der Waals surface area contributed by atoms with Crippen LogP contribution in [0.15, 0.2) is 42.7 Å². The summed E-state index contributed by atoms with van der Waals surface area (Å²) in [7, 11) is 0. The Morgan fingerprint density at radius 3 is 2.79 bits per heavy atom. The van der Waals surface area contributed by atoms with Gasteiger partial charge in [0.25, 0.3) is 0 Å². The second kappa shape index (κ2) is 8.77. The van der Waals surface area contributed by atoms with E-state index in [1.807, 2.05) is 18.2 Å². The highest BCUT2D eigenvalue weighted by molar-refractivity contribution is 7.16. The van der Waals surface area contributed by atoms with Crippen molar-refractivity contribution < 1.29 is 18.3 Å². The number of benzene rings is 1. The highest BCUT2D eigenvalue weighted by Gasteiger charge is 2.24. The predicted molar refractivity (Wildman–Crippen MR) is 124 cm³/mol. The molecule has 4 aromatic rings. The molecule has 7 nitrogen and oxygen atoms in total. The SMILES string of the molecule is Fc1ccc(-n2ncnc2-c2cc3c(s2)CCOc2ccc(NC4CCOCC4)nc2-3)c(F)c1. The first-order valence-electron chi connectivity index (χ1n) is 11.1. The van der Waals surface area contributed by atoms with Crippen molar-refractivity contribution in [2.45, 2.75) is 25.3 Å². The number of hydrogen-bond acceptors (Lipinski definition) is 7. The van der Waals surface area contributed by atoms with Crippen molar-refractivity contribution in [2.24, 2.45) is 0 Å². The molecule has 1 saturated heterocycles. The molecule has 3 aromatic heterocycles. The molecule has 1 aromatic carbocycles. The molecule has 1 N–H and O–H groups in total. The number of aromatic nitrogens is 4. The van der Waals surface area contributed by atoms with Gasteiger partial charge in [-0.05, 0) is 43.2 Å². The van der Waals surface area contributed by atoms with E-state index < -0.39 is 11.6 Å². The van der Waals surface area contributed by atoms with Crippen molar-refractivity contribution in [3.8, 4) is 33.4 Å². The fourth-order valence-corrected chi connectivity index (χ4v) is 5.43. The molecule has 10 heteroatoms. The van der Waals surface area contributed by atoms with Gasteiger partial charge in [0.2, 0.25) is 0 Å². The molecule has 1 fully saturated rings. The van der Waals surface area contributed by atoms with Crippen LogP contribution in [0.5, 0.6) is 5.75 Å². The lowest BCUT2D eigenvalue weighted by Crippen LogP contribution is -2.28. The molecule has 5 heterocycles. The molecule has 2 aliphatic rings. The van der Waals surface area contributed by atoms with Crippen molar-refractivity contribution in [3.63, 3.8) is 0 Å². The van der Waals surface area contributed by atoms with Gasteiger partial charge in [-0.1, -0.05) is 0 Å². The summed E-state index contributed by atoms with van der Waals surface area (Å²) in [4.78, 5) is 11.2. The largest absolute Gasteiger partial charge is 0.491 e. The fourth-order valence-electron chi connectivity index (χ4n) is 4.30. The highest BCUT2D eigenvalue weighted by atomic mass is 32.1. The van der Waals surface area contributed by atoms with Crippen molar-refractivity contribution in [1.29, 1.82) is 0 Å². The summed E-state index contributed by atoms with van der Waals surface area (Å²) in [5.74, 6) is 0.674. The molecular formula is C24H21F2N5O2S. The fraction of sp³-hybridized carbons (Fsp3) is 0.292. The summed E-state index contributed by atoms with van der Waals surface area (Å²) in [6, 6.07) is 9.63. The molecule has 174 valence electrons. The van der Waals surface area contributed by atoms with Crippen molar-refractivity contribution in [2.75, 3.05) is 25.1 Å². The third-order valence-corrected chi connectivity index (χ3v) is 7.18. The van der Waals surface area contributed by atoms with Crippen LogP contribution in [0.25, 0.3) is 27.6 Å². The second-order valence-corrected chi connectivity index (χ2v) is 9.35. The molecule has 0 atom stereocenters. The van der Waals surface area contributed by atoms with Crippen LogP contribution >= 0.6 is 11.3 Å². The maximum absolute atomic E-state index is 14.5. The van der Waals surface area contributed by atoms with Gasteiger partial charge in [-0.15, -0.1) is 11.3 Å². The summed E-state index contributed by atoms with van der Waals surface area (Å²) in [5, 5.41) is 7.71. The van der Waals surface area contributed by atoms with Crippen LogP contribution in [0.1, 0.15) is 17.7 Å². The summed E-state index contributed by atoms with van der Waals surface area (Å²) in [5.41, 5.74) is 1.88. The van der Waals surface area contributed by atoms with Gasteiger partial charge < -0.3 is 14.8 Å². The molecule has 0 spiro atoms. The van der Waals surface area contributed by atoms with Crippen LogP contribution in [0, 0.1) is 11.6 Å². The third kappa shape index (κ3) is 3.92. The molecule has 0 aliphatic carbocycles. The van der Waals surface area contributed by atoms with Gasteiger partial charge >= 0.3 is 0 Å². The van der Waals surface area contributed by atoms with E-state index in [1.54, 1.807) is 11.3 Å². The van der Waals surface area contributed by atoms with Crippen molar-refractivity contribution in [1.82, 2.24) is 19.7 Å². The Labute approximate surface area is 198 Å². The molecule has 0 unspecified atom stereocenters. The predicted octanol–water partition coefficient (Wildman–Crippen LogP) is 4.86. The average Bonchev–Trinajstić information content (AvgIpc) is 3.44. The number of rotatable bonds is 4. The van der Waals surface area contributed by atoms with Gasteiger partial charge in [-0.3, -0.25) is 0 Å². The Kier molecular flexibility index (Phi) is 5.46. The first-order valence-corrected chi connectivity index (χ1v) is 11.9. The van der Waals surface area contributed by atoms with E-state index in [9.17, 15) is 8.78 Å². The minimum absolute atomic E-state index is 0.141. The van der Waals surface area contributed by atoms with Crippen molar-refractivity contribution in [3.05, 3.63) is 59.2 Å². The van der Waals surface area contributed by atoms with Gasteiger partial charge in [-0.25, -0.2) is 23.4 Å². The topological polar surface area (TPSA) is 74.1 Å². The zero-order valence-corrected chi connectivity index (χ0v) is 18.9. The summed E-state index contributed by atoms with van der Waals surface area (Å²) in [6.07, 6.45) is 3.98. The number of nitrogens with zero attached hydrogens (tertiary/aromatic N) is 4. The smallest absolute Gasteiger partial charge is 0.173 e. The molecule has 0 radical (unpaired) electrons. The molecule has 0 saturated carbocycles. The maximum atomic E-state index is 14.5. The lowest BCUT2D eigenvalue weighted by molar-refractivity contribution is 0.0904. The minimum atomic E-state index is -0.700. The summed E-state index contributed by atoms with van der Waals surface area (Å²) < 4.78 is 40.7. The van der Waals surface area contributed by atoms with Gasteiger partial charge in [0.1, 0.15) is 35.1 Å². The Balaban J connectivity index is 1.38. The van der Waals surface area contributed by atoms with E-state index in [0.717, 1.165) is 71.1 Å². The van der Waals surface area contributed by atoms with Gasteiger partial charge in [0.05, 0.1) is 11.5 Å². The average molecular weight is 482 g/mol. The zero-order chi connectivity index (χ0) is 23.1. The summed E-state index contributed by atoms with van der Waals surface area (Å²) >= 11 is 1.55. The van der Waals surface area contributed by atoms with Crippen molar-refractivity contribution >= 4 is 17.2 Å². The van der Waals surface area contributed by atoms with E-state index in [1.165, 1.54) is 23.1 Å². The van der Waals surface area contributed by atoms with E-state index >= 15 is 0 Å². The summed E-state index contributed by atoms with van der Waals surface area (Å²) in [6.45, 7) is 2.03. The number of nitrogens with one attached hydrogen (secondary N) is 1. The molecule has 34 heavy (non-hydrogen) atoms. The Morgan fingerprint density at radius 2 is 1.94 bits per heavy atom. The van der Waals surface area contributed by atoms with Crippen LogP contribution in [0.4, 0.5) is 14.6 Å². The first kappa shape index (κ1) is 21.2. The van der Waals surface area contributed by atoms with E-state index in [4.69, 9.17) is 14.5 Å². The highest BCUT2D eigenvalue weighted by Crippen LogP contribution is 2.42. The monoisotopic (exact) mass is 481 g/mol. The van der Waals surface area contributed by atoms with Gasteiger partial charge in [-0.2, -0.15) is 5.10 Å². The van der Waals surface area contributed by atoms with Gasteiger partial charge in [0.15, 0.2) is 11.6 Å². The standard InChI is InChI=1S/C24H21F2N5O2S/c25-14-1-2-18(17(26)11-14)31-24(27-13-28-31)21-12-16-20(34-21)7-10-33-19-3-4-22(30-23(16)19)29-15-5-8-32-9-6-15/h1-4,11-13,15H,5-10H2,(H,29,30). The Morgan fingerprint density at radius 1 is 1.06 bits per heavy atom. The van der Waals surface area contributed by atoms with Crippen LogP contribution < -0.4 is 10.1 Å². The number of ether oxygens (including phenoxy) is 2. The quantitative estimate of drug-likeness (QED) is 0.449. The normalized spacial score (nSPS) is 15.8. The number of fused-ring (bicyclic) bond motifs is 3. The Bertz CT molecular complexity index is 1350. The van der Waals surface area contributed by atoms with Crippen LogP contribution in [0.2, 0.25) is 0 Å². The lowest BCUT2D eigenvalue weighted by atomic mass is 10.1. The second-order valence-electron chi connectivity index (χ2n) is 8.21. The minimum Gasteiger partial charge on any atom is -0.491 e. The number of halogens is 2. The van der Waals surface area contributed by atoms with Crippen LogP contribution in [-0.2, 0) is 11.2 Å². The van der Waals surface area contributed by atoms with E-state index in [2.05, 4.69) is 15.4 Å². The molecule has 0 amide bonds. The molecule has 0 bridgehead atoms. The first-order chi connectivity index (χ1) is 16.7. The molecule has 6 rings (SSSR count). The molecular weight excluding hydrogens is 460 g/mol. The number of pyridine rings is 1. The van der Waals surface area contributed by atoms with Crippen LogP contribution in [-0.4, -0.2) is 45.6 Å². The van der Waals surface area contributed by atoms with Gasteiger partial charge in [0, 0.05) is 42.2 Å². The third-order valence-electron chi connectivity index (χ3n) is 5.99. The zero-order valence-electron chi connectivity index (χ0n) is 18.1. The molecule has 2 aliphatic heterocycles. The Hall–Kier alpha value is -3.37. The number of hydrogen-bond donors (Lipinski definition) is 1. The van der Waals surface area contributed by atoms with E-state index in [-0.39, 0.29) is 5.69 Å². The number of thiophene rings is 1. The number of anilines is 1. The van der Waals surface area contributed by atoms with E-state index in [0.29, 0.717) is 18.5 Å². The maximum Gasteiger partial charge on any atom is 0.173 e.